The van der Waals surface area contributed by atoms with Gasteiger partial charge in [0.15, 0.2) is 17.7 Å². The normalized spacial score (nSPS) is 11.6. The Kier molecular flexibility index (Phi) is 5.33. The van der Waals surface area contributed by atoms with Crippen LogP contribution in [0.5, 0.6) is 5.75 Å². The number of fused-ring (bicyclic) bond motifs is 1. The summed E-state index contributed by atoms with van der Waals surface area (Å²) in [5.74, 6) is 0.796. The molecule has 0 saturated heterocycles. The van der Waals surface area contributed by atoms with E-state index in [0.717, 1.165) is 10.9 Å². The predicted octanol–water partition coefficient (Wildman–Crippen LogP) is 4.35. The Labute approximate surface area is 177 Å². The number of nitrogens with zero attached hydrogens (tertiary/aromatic N) is 4. The summed E-state index contributed by atoms with van der Waals surface area (Å²) in [7, 11) is 0. The van der Waals surface area contributed by atoms with Gasteiger partial charge in [-0.2, -0.15) is 15.0 Å². The molecule has 1 amide bonds. The molecule has 0 bridgehead atoms. The molecule has 148 valence electrons. The summed E-state index contributed by atoms with van der Waals surface area (Å²) in [6.07, 6.45) is 0.572. The summed E-state index contributed by atoms with van der Waals surface area (Å²) in [4.78, 5) is 17.3. The van der Waals surface area contributed by atoms with E-state index in [4.69, 9.17) is 16.3 Å². The highest BCUT2D eigenvalue weighted by Gasteiger charge is 2.21. The monoisotopic (exact) mass is 417 g/mol. The molecule has 0 radical (unpaired) electrons. The van der Waals surface area contributed by atoms with Crippen LogP contribution in [0.25, 0.3) is 16.7 Å². The first kappa shape index (κ1) is 19.4. The number of amides is 1. The Balaban J connectivity index is 1.60. The quantitative estimate of drug-likeness (QED) is 0.521. The van der Waals surface area contributed by atoms with Gasteiger partial charge in [0, 0.05) is 10.4 Å². The van der Waals surface area contributed by atoms with E-state index < -0.39 is 12.0 Å². The molecule has 7 nitrogen and oxygen atoms in total. The molecule has 1 N–H and O–H groups in total. The third kappa shape index (κ3) is 3.95. The number of benzene rings is 2. The average Bonchev–Trinajstić information content (AvgIpc) is 3.17. The van der Waals surface area contributed by atoms with Crippen LogP contribution in [0.2, 0.25) is 5.02 Å². The summed E-state index contributed by atoms with van der Waals surface area (Å²) in [5.41, 5.74) is 0.998. The highest BCUT2D eigenvalue weighted by Crippen LogP contribution is 2.22. The molecule has 2 aromatic carbocycles. The van der Waals surface area contributed by atoms with Crippen LogP contribution in [0.4, 0.5) is 5.82 Å². The van der Waals surface area contributed by atoms with E-state index in [1.54, 1.807) is 37.3 Å². The number of rotatable bonds is 5. The first-order valence-corrected chi connectivity index (χ1v) is 9.50. The molecule has 1 atom stereocenters. The Hall–Kier alpha value is -3.89. The second-order valence-corrected chi connectivity index (χ2v) is 6.93. The zero-order valence-corrected chi connectivity index (χ0v) is 16.7. The number of aromatic nitrogens is 3. The van der Waals surface area contributed by atoms with Crippen molar-refractivity contribution in [1.29, 1.82) is 5.26 Å². The molecule has 0 aliphatic heterocycles. The number of halogens is 1. The van der Waals surface area contributed by atoms with E-state index in [1.165, 1.54) is 10.9 Å². The molecule has 0 spiro atoms. The molecule has 30 heavy (non-hydrogen) atoms. The van der Waals surface area contributed by atoms with Crippen molar-refractivity contribution in [2.75, 3.05) is 5.32 Å². The molecule has 0 saturated carbocycles. The van der Waals surface area contributed by atoms with Crippen LogP contribution in [0.15, 0.2) is 66.9 Å². The van der Waals surface area contributed by atoms with Gasteiger partial charge in [-0.3, -0.25) is 4.79 Å². The van der Waals surface area contributed by atoms with Gasteiger partial charge in [0.2, 0.25) is 0 Å². The van der Waals surface area contributed by atoms with Crippen LogP contribution in [0.3, 0.4) is 0 Å². The van der Waals surface area contributed by atoms with E-state index in [0.29, 0.717) is 16.6 Å². The van der Waals surface area contributed by atoms with E-state index in [9.17, 15) is 10.1 Å². The number of anilines is 1. The minimum Gasteiger partial charge on any atom is -0.481 e. The lowest BCUT2D eigenvalue weighted by Crippen LogP contribution is -2.31. The molecule has 0 aliphatic rings. The highest BCUT2D eigenvalue weighted by molar-refractivity contribution is 6.30. The minimum absolute atomic E-state index is 0.219. The van der Waals surface area contributed by atoms with Gasteiger partial charge in [-0.25, -0.2) is 4.98 Å². The van der Waals surface area contributed by atoms with Crippen LogP contribution in [-0.2, 0) is 4.79 Å². The van der Waals surface area contributed by atoms with Crippen molar-refractivity contribution in [2.45, 2.75) is 13.0 Å². The fourth-order valence-corrected chi connectivity index (χ4v) is 3.01. The number of hydrogen-bond donors (Lipinski definition) is 1. The summed E-state index contributed by atoms with van der Waals surface area (Å²) >= 11 is 5.87. The van der Waals surface area contributed by atoms with Crippen LogP contribution in [0.1, 0.15) is 12.5 Å². The average molecular weight is 418 g/mol. The van der Waals surface area contributed by atoms with Gasteiger partial charge in [-0.05, 0) is 49.4 Å². The van der Waals surface area contributed by atoms with Gasteiger partial charge in [-0.15, -0.1) is 0 Å². The van der Waals surface area contributed by atoms with Crippen LogP contribution < -0.4 is 10.1 Å². The number of para-hydroxylation sites is 1. The number of carbonyl (C=O) groups excluding carboxylic acids is 1. The fraction of sp³-hybridized carbons (Fsp3) is 0.0909. The van der Waals surface area contributed by atoms with Gasteiger partial charge in [-0.1, -0.05) is 29.8 Å². The summed E-state index contributed by atoms with van der Waals surface area (Å²) in [6, 6.07) is 20.1. The molecule has 2 heterocycles. The molecule has 8 heteroatoms. The van der Waals surface area contributed by atoms with Crippen molar-refractivity contribution >= 4 is 34.2 Å². The van der Waals surface area contributed by atoms with Crippen molar-refractivity contribution in [1.82, 2.24) is 14.8 Å². The van der Waals surface area contributed by atoms with Gasteiger partial charge in [0.1, 0.15) is 17.4 Å². The summed E-state index contributed by atoms with van der Waals surface area (Å²) in [6.45, 7) is 1.62. The smallest absolute Gasteiger partial charge is 0.266 e. The molecule has 2 aromatic heterocycles. The number of nitrogens with one attached hydrogen (secondary N) is 1. The van der Waals surface area contributed by atoms with Crippen LogP contribution in [-0.4, -0.2) is 26.8 Å². The standard InChI is InChI=1S/C22H16ClN5O2/c1-14(30-18-9-7-17(23)8-10-18)22(29)27-21-16(12-24)13-25-28(21)20-11-6-15-4-2-3-5-19(15)26-20/h2-11,13-14H,1H3,(H,27,29). The molecule has 1 unspecified atom stereocenters. The Morgan fingerprint density at radius 3 is 2.70 bits per heavy atom. The first-order valence-electron chi connectivity index (χ1n) is 9.12. The zero-order valence-electron chi connectivity index (χ0n) is 15.9. The lowest BCUT2D eigenvalue weighted by molar-refractivity contribution is -0.122. The molecular formula is C22H16ClN5O2. The maximum absolute atomic E-state index is 12.7. The van der Waals surface area contributed by atoms with Crippen molar-refractivity contribution in [3.05, 3.63) is 77.4 Å². The third-order valence-electron chi connectivity index (χ3n) is 4.43. The number of carbonyl (C=O) groups is 1. The summed E-state index contributed by atoms with van der Waals surface area (Å²) < 4.78 is 7.09. The van der Waals surface area contributed by atoms with Gasteiger partial charge in [0.05, 0.1) is 11.7 Å². The molecule has 0 fully saturated rings. The number of nitriles is 1. The van der Waals surface area contributed by atoms with E-state index in [2.05, 4.69) is 15.4 Å². The highest BCUT2D eigenvalue weighted by atomic mass is 35.5. The lowest BCUT2D eigenvalue weighted by Gasteiger charge is -2.15. The molecular weight excluding hydrogens is 402 g/mol. The Morgan fingerprint density at radius 2 is 1.93 bits per heavy atom. The topological polar surface area (TPSA) is 92.8 Å². The molecule has 0 aliphatic carbocycles. The van der Waals surface area contributed by atoms with Gasteiger partial charge >= 0.3 is 0 Å². The second kappa shape index (κ2) is 8.23. The van der Waals surface area contributed by atoms with Crippen molar-refractivity contribution in [3.63, 3.8) is 0 Å². The van der Waals surface area contributed by atoms with E-state index in [-0.39, 0.29) is 11.4 Å². The van der Waals surface area contributed by atoms with Crippen LogP contribution in [0, 0.1) is 11.3 Å². The maximum Gasteiger partial charge on any atom is 0.266 e. The number of pyridine rings is 1. The SMILES string of the molecule is CC(Oc1ccc(Cl)cc1)C(=O)Nc1c(C#N)cnn1-c1ccc2ccccc2n1. The molecule has 4 aromatic rings. The lowest BCUT2D eigenvalue weighted by atomic mass is 10.2. The Morgan fingerprint density at radius 1 is 1.17 bits per heavy atom. The number of ether oxygens (including phenoxy) is 1. The maximum atomic E-state index is 12.7. The third-order valence-corrected chi connectivity index (χ3v) is 4.68. The summed E-state index contributed by atoms with van der Waals surface area (Å²) in [5, 5.41) is 18.0. The largest absolute Gasteiger partial charge is 0.481 e. The minimum atomic E-state index is -0.814. The van der Waals surface area contributed by atoms with Gasteiger partial charge < -0.3 is 10.1 Å². The van der Waals surface area contributed by atoms with E-state index in [1.807, 2.05) is 36.4 Å². The Bertz CT molecular complexity index is 1260. The first-order chi connectivity index (χ1) is 14.5. The molecule has 4 rings (SSSR count). The van der Waals surface area contributed by atoms with Gasteiger partial charge in [0.25, 0.3) is 5.91 Å². The zero-order chi connectivity index (χ0) is 21.1. The predicted molar refractivity (Wildman–Crippen MR) is 114 cm³/mol. The van der Waals surface area contributed by atoms with Crippen molar-refractivity contribution in [3.8, 4) is 17.6 Å². The second-order valence-electron chi connectivity index (χ2n) is 6.50. The number of hydrogen-bond acceptors (Lipinski definition) is 5. The van der Waals surface area contributed by atoms with Crippen LogP contribution >= 0.6 is 11.6 Å². The van der Waals surface area contributed by atoms with Crippen molar-refractivity contribution < 1.29 is 9.53 Å². The van der Waals surface area contributed by atoms with Crippen molar-refractivity contribution in [2.24, 2.45) is 0 Å². The van der Waals surface area contributed by atoms with E-state index >= 15 is 0 Å². The fourth-order valence-electron chi connectivity index (χ4n) is 2.89.